The molecule has 0 amide bonds. The Hall–Kier alpha value is -1.31. The molecule has 0 bridgehead atoms. The molecule has 0 spiro atoms. The molecule has 0 saturated carbocycles. The smallest absolute Gasteiger partial charge is 0.161 e. The van der Waals surface area contributed by atoms with Gasteiger partial charge in [-0.15, -0.1) is 0 Å². The van der Waals surface area contributed by atoms with Gasteiger partial charge in [-0.05, 0) is 37.5 Å². The molecule has 0 aliphatic carbocycles. The van der Waals surface area contributed by atoms with Gasteiger partial charge in [-0.3, -0.25) is 0 Å². The first-order valence-corrected chi connectivity index (χ1v) is 8.81. The molecular weight excluding hydrogens is 306 g/mol. The average Bonchev–Trinajstić information content (AvgIpc) is 2.44. The van der Waals surface area contributed by atoms with Crippen molar-refractivity contribution in [2.75, 3.05) is 33.6 Å². The number of rotatable bonds is 9. The zero-order chi connectivity index (χ0) is 16.8. The molecule has 6 nitrogen and oxygen atoms in total. The summed E-state index contributed by atoms with van der Waals surface area (Å²) in [4.78, 5) is 1.25. The summed E-state index contributed by atoms with van der Waals surface area (Å²) in [5.41, 5.74) is 2.28. The molecule has 1 rings (SSSR count). The van der Waals surface area contributed by atoms with Crippen molar-refractivity contribution >= 4 is 10.1 Å². The Morgan fingerprint density at radius 3 is 2.27 bits per heavy atom. The van der Waals surface area contributed by atoms with Crippen molar-refractivity contribution in [3.63, 3.8) is 0 Å². The summed E-state index contributed by atoms with van der Waals surface area (Å²) in [6, 6.07) is 3.92. The monoisotopic (exact) mass is 331 g/mol. The Morgan fingerprint density at radius 2 is 1.73 bits per heavy atom. The lowest BCUT2D eigenvalue weighted by Gasteiger charge is -2.17. The van der Waals surface area contributed by atoms with E-state index in [2.05, 4.69) is 0 Å². The quantitative estimate of drug-likeness (QED) is 0.522. The summed E-state index contributed by atoms with van der Waals surface area (Å²) >= 11 is 0. The number of quaternary nitrogens is 1. The van der Waals surface area contributed by atoms with Crippen LogP contribution in [0.3, 0.4) is 0 Å². The van der Waals surface area contributed by atoms with Crippen LogP contribution < -0.4 is 14.4 Å². The minimum Gasteiger partial charge on any atom is -0.748 e. The van der Waals surface area contributed by atoms with E-state index in [4.69, 9.17) is 9.47 Å². The molecule has 0 heterocycles. The predicted molar refractivity (Wildman–Crippen MR) is 83.5 cm³/mol. The van der Waals surface area contributed by atoms with Crippen LogP contribution in [-0.2, 0) is 16.7 Å². The van der Waals surface area contributed by atoms with E-state index in [9.17, 15) is 13.0 Å². The fourth-order valence-corrected chi connectivity index (χ4v) is 2.89. The highest BCUT2D eigenvalue weighted by molar-refractivity contribution is 7.85. The van der Waals surface area contributed by atoms with Crippen LogP contribution in [0.2, 0.25) is 0 Å². The standard InChI is InChI=1S/C15H25NO5S/c1-12-9-14(20-3)15(21-4)10-13(12)11-16(2)7-5-6-8-22(17,18)19/h9-10H,5-8,11H2,1-4H3,(H,17,18,19). The number of nitrogens with one attached hydrogen (secondary N) is 1. The van der Waals surface area contributed by atoms with E-state index in [1.807, 2.05) is 26.1 Å². The lowest BCUT2D eigenvalue weighted by Crippen LogP contribution is -3.07. The third-order valence-corrected chi connectivity index (χ3v) is 4.37. The van der Waals surface area contributed by atoms with Gasteiger partial charge in [0, 0.05) is 11.3 Å². The van der Waals surface area contributed by atoms with Gasteiger partial charge in [-0.25, -0.2) is 8.42 Å². The number of unbranched alkanes of at least 4 members (excludes halogenated alkanes) is 1. The van der Waals surface area contributed by atoms with Crippen molar-refractivity contribution < 1.29 is 27.3 Å². The maximum Gasteiger partial charge on any atom is 0.161 e. The molecule has 0 radical (unpaired) electrons. The van der Waals surface area contributed by atoms with E-state index in [0.717, 1.165) is 24.2 Å². The van der Waals surface area contributed by atoms with Crippen LogP contribution in [0.5, 0.6) is 11.5 Å². The molecule has 1 aromatic rings. The molecule has 1 unspecified atom stereocenters. The van der Waals surface area contributed by atoms with Crippen molar-refractivity contribution in [3.8, 4) is 11.5 Å². The molecule has 7 heteroatoms. The number of benzene rings is 1. The molecule has 0 saturated heterocycles. The maximum absolute atomic E-state index is 10.6. The third-order valence-electron chi connectivity index (χ3n) is 3.58. The lowest BCUT2D eigenvalue weighted by molar-refractivity contribution is -0.894. The zero-order valence-electron chi connectivity index (χ0n) is 13.6. The summed E-state index contributed by atoms with van der Waals surface area (Å²) in [7, 11) is 1.17. The highest BCUT2D eigenvalue weighted by Gasteiger charge is 2.12. The SMILES string of the molecule is COc1cc(C)c(C[NH+](C)CCCCS(=O)(=O)[O-])cc1OC. The van der Waals surface area contributed by atoms with Crippen molar-refractivity contribution in [1.82, 2.24) is 0 Å². The van der Waals surface area contributed by atoms with Gasteiger partial charge in [0.1, 0.15) is 6.54 Å². The largest absolute Gasteiger partial charge is 0.748 e. The Labute approximate surface area is 132 Å². The first kappa shape index (κ1) is 18.7. The normalized spacial score (nSPS) is 13.0. The Bertz CT molecular complexity index is 586. The van der Waals surface area contributed by atoms with Crippen LogP contribution in [0.4, 0.5) is 0 Å². The van der Waals surface area contributed by atoms with E-state index in [1.54, 1.807) is 14.2 Å². The average molecular weight is 331 g/mol. The molecule has 1 atom stereocenters. The number of methoxy groups -OCH3 is 2. The van der Waals surface area contributed by atoms with Crippen molar-refractivity contribution in [1.29, 1.82) is 0 Å². The van der Waals surface area contributed by atoms with E-state index in [0.29, 0.717) is 24.3 Å². The van der Waals surface area contributed by atoms with E-state index >= 15 is 0 Å². The number of hydrogen-bond donors (Lipinski definition) is 1. The van der Waals surface area contributed by atoms with Crippen LogP contribution in [0.1, 0.15) is 24.0 Å². The molecule has 1 N–H and O–H groups in total. The van der Waals surface area contributed by atoms with Gasteiger partial charge in [0.15, 0.2) is 11.5 Å². The van der Waals surface area contributed by atoms with Crippen molar-refractivity contribution in [2.45, 2.75) is 26.3 Å². The number of aryl methyl sites for hydroxylation is 1. The second-order valence-corrected chi connectivity index (χ2v) is 7.01. The predicted octanol–water partition coefficient (Wildman–Crippen LogP) is 0.352. The van der Waals surface area contributed by atoms with Gasteiger partial charge >= 0.3 is 0 Å². The summed E-state index contributed by atoms with van der Waals surface area (Å²) in [5, 5.41) is 0. The lowest BCUT2D eigenvalue weighted by atomic mass is 10.1. The van der Waals surface area contributed by atoms with E-state index in [1.165, 1.54) is 4.90 Å². The van der Waals surface area contributed by atoms with Gasteiger partial charge in [-0.2, -0.15) is 0 Å². The maximum atomic E-state index is 10.6. The minimum atomic E-state index is -4.09. The minimum absolute atomic E-state index is 0.282. The van der Waals surface area contributed by atoms with Crippen LogP contribution in [0.15, 0.2) is 12.1 Å². The van der Waals surface area contributed by atoms with Crippen LogP contribution in [0, 0.1) is 6.92 Å². The highest BCUT2D eigenvalue weighted by Crippen LogP contribution is 2.29. The molecule has 22 heavy (non-hydrogen) atoms. The zero-order valence-corrected chi connectivity index (χ0v) is 14.5. The number of hydrogen-bond acceptors (Lipinski definition) is 5. The number of ether oxygens (including phenoxy) is 2. The summed E-state index contributed by atoms with van der Waals surface area (Å²) in [6.07, 6.45) is 1.12. The van der Waals surface area contributed by atoms with Crippen molar-refractivity contribution in [2.24, 2.45) is 0 Å². The molecule has 0 aliphatic heterocycles. The molecule has 1 aromatic carbocycles. The Kier molecular flexibility index (Phi) is 7.12. The van der Waals surface area contributed by atoms with E-state index < -0.39 is 10.1 Å². The van der Waals surface area contributed by atoms with Gasteiger partial charge in [0.2, 0.25) is 0 Å². The summed E-state index contributed by atoms with van der Waals surface area (Å²) in [6.45, 7) is 3.63. The molecule has 0 aromatic heterocycles. The van der Waals surface area contributed by atoms with Gasteiger partial charge in [0.05, 0.1) is 37.9 Å². The Morgan fingerprint density at radius 1 is 1.14 bits per heavy atom. The first-order chi connectivity index (χ1) is 10.3. The second-order valence-electron chi connectivity index (χ2n) is 5.49. The molecule has 0 aliphatic rings. The van der Waals surface area contributed by atoms with Gasteiger partial charge in [0.25, 0.3) is 0 Å². The van der Waals surface area contributed by atoms with Gasteiger partial charge < -0.3 is 18.9 Å². The molecule has 126 valence electrons. The topological polar surface area (TPSA) is 80.1 Å². The van der Waals surface area contributed by atoms with Crippen LogP contribution in [0.25, 0.3) is 0 Å². The van der Waals surface area contributed by atoms with Gasteiger partial charge in [-0.1, -0.05) is 0 Å². The molecular formula is C15H25NO5S. The third kappa shape index (κ3) is 6.21. The second kappa shape index (κ2) is 8.36. The fraction of sp³-hybridized carbons (Fsp3) is 0.600. The first-order valence-electron chi connectivity index (χ1n) is 7.23. The van der Waals surface area contributed by atoms with Crippen LogP contribution in [-0.4, -0.2) is 46.5 Å². The highest BCUT2D eigenvalue weighted by atomic mass is 32.2. The summed E-state index contributed by atoms with van der Waals surface area (Å²) in [5.74, 6) is 1.13. The fourth-order valence-electron chi connectivity index (χ4n) is 2.33. The summed E-state index contributed by atoms with van der Waals surface area (Å²) < 4.78 is 42.2. The Balaban J connectivity index is 2.59. The van der Waals surface area contributed by atoms with Crippen molar-refractivity contribution in [3.05, 3.63) is 23.3 Å². The van der Waals surface area contributed by atoms with E-state index in [-0.39, 0.29) is 5.75 Å². The van der Waals surface area contributed by atoms with Crippen LogP contribution >= 0.6 is 0 Å². The molecule has 0 fully saturated rings.